The van der Waals surface area contributed by atoms with Crippen LogP contribution in [0.2, 0.25) is 0 Å². The van der Waals surface area contributed by atoms with Gasteiger partial charge in [-0.05, 0) is 56.3 Å². The van der Waals surface area contributed by atoms with E-state index in [0.717, 1.165) is 53.3 Å². The van der Waals surface area contributed by atoms with Crippen molar-refractivity contribution < 1.29 is 14.3 Å². The van der Waals surface area contributed by atoms with Gasteiger partial charge in [0.25, 0.3) is 5.91 Å². The molecule has 4 N–H and O–H groups in total. The minimum Gasteiger partial charge on any atom is -0.438 e. The first kappa shape index (κ1) is 38.8. The molecule has 1 aliphatic rings. The van der Waals surface area contributed by atoms with Crippen LogP contribution in [0.1, 0.15) is 54.9 Å². The molecule has 4 aromatic carbocycles. The molecule has 1 amide bonds. The van der Waals surface area contributed by atoms with Gasteiger partial charge in [0.1, 0.15) is 11.6 Å². The van der Waals surface area contributed by atoms with Crippen molar-refractivity contribution in [2.24, 2.45) is 0 Å². The summed E-state index contributed by atoms with van der Waals surface area (Å²) in [6.07, 6.45) is 7.40. The second kappa shape index (κ2) is 17.2. The molecule has 3 heterocycles. The molecule has 1 atom stereocenters. The van der Waals surface area contributed by atoms with Crippen LogP contribution in [0, 0.1) is 19.3 Å². The Morgan fingerprint density at radius 3 is 2.49 bits per heavy atom. The number of nitrogens with one attached hydrogen (secondary N) is 4. The Morgan fingerprint density at radius 2 is 1.74 bits per heavy atom. The van der Waals surface area contributed by atoms with Crippen LogP contribution < -0.4 is 26.0 Å². The first-order chi connectivity index (χ1) is 27.5. The van der Waals surface area contributed by atoms with Gasteiger partial charge < -0.3 is 30.7 Å². The van der Waals surface area contributed by atoms with E-state index in [4.69, 9.17) is 21.0 Å². The summed E-state index contributed by atoms with van der Waals surface area (Å²) in [4.78, 5) is 24.6. The largest absolute Gasteiger partial charge is 0.438 e. The molecule has 292 valence electrons. The molecule has 7 rings (SSSR count). The van der Waals surface area contributed by atoms with Crippen LogP contribution >= 0.6 is 0 Å². The van der Waals surface area contributed by atoms with Crippen LogP contribution in [0.25, 0.3) is 16.5 Å². The van der Waals surface area contributed by atoms with Gasteiger partial charge in [0.05, 0.1) is 31.3 Å². The van der Waals surface area contributed by atoms with E-state index in [1.165, 1.54) is 5.56 Å². The summed E-state index contributed by atoms with van der Waals surface area (Å²) in [5.74, 6) is 4.62. The molecule has 0 aliphatic carbocycles. The minimum atomic E-state index is -0.210. The number of anilines is 4. The van der Waals surface area contributed by atoms with Crippen molar-refractivity contribution >= 4 is 39.8 Å². The van der Waals surface area contributed by atoms with Gasteiger partial charge in [-0.3, -0.25) is 9.69 Å². The zero-order valence-electron chi connectivity index (χ0n) is 33.1. The molecule has 1 aliphatic heterocycles. The fourth-order valence-corrected chi connectivity index (χ4v) is 6.64. The van der Waals surface area contributed by atoms with Crippen molar-refractivity contribution in [2.45, 2.75) is 46.1 Å². The topological polar surface area (TPSA) is 130 Å². The van der Waals surface area contributed by atoms with Crippen molar-refractivity contribution in [3.8, 4) is 29.7 Å². The van der Waals surface area contributed by atoms with E-state index >= 15 is 0 Å². The van der Waals surface area contributed by atoms with Crippen LogP contribution in [0.5, 0.6) is 11.6 Å². The third-order valence-corrected chi connectivity index (χ3v) is 9.66. The lowest BCUT2D eigenvalue weighted by molar-refractivity contribution is 0.0342. The van der Waals surface area contributed by atoms with Crippen LogP contribution in [-0.2, 0) is 10.2 Å². The fraction of sp³-hybridized carbons (Fsp3) is 0.289. The van der Waals surface area contributed by atoms with Gasteiger partial charge >= 0.3 is 0 Å². The summed E-state index contributed by atoms with van der Waals surface area (Å²) >= 11 is 0. The number of terminal acetylenes is 1. The normalized spacial score (nSPS) is 13.8. The molecule has 1 unspecified atom stereocenters. The number of morpholine rings is 1. The molecule has 12 nitrogen and oxygen atoms in total. The summed E-state index contributed by atoms with van der Waals surface area (Å²) in [6, 6.07) is 29.3. The van der Waals surface area contributed by atoms with Gasteiger partial charge in [-0.15, -0.1) is 6.42 Å². The number of aryl methyl sites for hydroxylation is 1. The van der Waals surface area contributed by atoms with Crippen molar-refractivity contribution in [3.63, 3.8) is 0 Å². The summed E-state index contributed by atoms with van der Waals surface area (Å²) in [7, 11) is 0. The molecule has 57 heavy (non-hydrogen) atoms. The Labute approximate surface area is 334 Å². The zero-order valence-corrected chi connectivity index (χ0v) is 33.1. The Bertz CT molecular complexity index is 2390. The van der Waals surface area contributed by atoms with E-state index in [-0.39, 0.29) is 17.4 Å². The summed E-state index contributed by atoms with van der Waals surface area (Å²) in [5, 5.41) is 20.3. The van der Waals surface area contributed by atoms with E-state index in [0.29, 0.717) is 54.3 Å². The average molecular weight is 764 g/mol. The molecular weight excluding hydrogens is 715 g/mol. The maximum Gasteiger partial charge on any atom is 0.251 e. The lowest BCUT2D eigenvalue weighted by atomic mass is 9.92. The SMILES string of the molecule is C#Cc1cc(Nc2nccc(Oc3ccc(NCNc4cc(C(C)(C)C)nn4-c4ccc(C)cc4)c4ccccc34)n2)cc(C(=O)NC(C)CN2CCOCC2)c1. The number of fused-ring (bicyclic) bond motifs is 1. The van der Waals surface area contributed by atoms with Crippen LogP contribution in [0.3, 0.4) is 0 Å². The van der Waals surface area contributed by atoms with Crippen molar-refractivity contribution in [2.75, 3.05) is 55.5 Å². The zero-order chi connectivity index (χ0) is 39.9. The predicted molar refractivity (Wildman–Crippen MR) is 227 cm³/mol. The molecule has 12 heteroatoms. The number of ether oxygens (including phenoxy) is 2. The van der Waals surface area contributed by atoms with Crippen LogP contribution in [-0.4, -0.2) is 76.1 Å². The van der Waals surface area contributed by atoms with Gasteiger partial charge in [0.2, 0.25) is 11.8 Å². The number of hydrogen-bond acceptors (Lipinski definition) is 10. The Morgan fingerprint density at radius 1 is 0.965 bits per heavy atom. The molecule has 0 bridgehead atoms. The number of benzene rings is 4. The van der Waals surface area contributed by atoms with Gasteiger partial charge in [-0.25, -0.2) is 9.67 Å². The number of nitrogens with zero attached hydrogens (tertiary/aromatic N) is 5. The average Bonchev–Trinajstić information content (AvgIpc) is 3.64. The maximum atomic E-state index is 13.3. The lowest BCUT2D eigenvalue weighted by Crippen LogP contribution is -2.46. The third kappa shape index (κ3) is 9.70. The van der Waals surface area contributed by atoms with Gasteiger partial charge in [0.15, 0.2) is 0 Å². The smallest absolute Gasteiger partial charge is 0.251 e. The molecule has 6 aromatic rings. The molecular formula is C45H49N9O3. The highest BCUT2D eigenvalue weighted by molar-refractivity contribution is 5.98. The number of hydrogen-bond donors (Lipinski definition) is 4. The van der Waals surface area contributed by atoms with Crippen LogP contribution in [0.15, 0.2) is 97.2 Å². The summed E-state index contributed by atoms with van der Waals surface area (Å²) in [5.41, 5.74) is 5.60. The van der Waals surface area contributed by atoms with E-state index in [1.807, 2.05) is 41.9 Å². The first-order valence-corrected chi connectivity index (χ1v) is 19.2. The number of rotatable bonds is 13. The van der Waals surface area contributed by atoms with E-state index in [9.17, 15) is 4.79 Å². The molecule has 0 saturated carbocycles. The molecule has 2 aromatic heterocycles. The standard InChI is InChI=1S/C45H49N9O3/c1-7-32-24-33(43(55)49-31(3)28-53-20-22-56-23-21-53)26-34(25-32)50-44-46-19-18-42(51-44)57-39-17-16-38(36-10-8-9-11-37(36)39)47-29-48-41-27-40(45(4,5)6)52-54(41)35-14-12-30(2)13-15-35/h1,8-19,24-27,31,47-48H,20-23,28-29H2,2-6H3,(H,49,55)(H,46,50,51). The Kier molecular flexibility index (Phi) is 11.7. The van der Waals surface area contributed by atoms with E-state index in [2.05, 4.69) is 106 Å². The number of carbonyl (C=O) groups excluding carboxylic acids is 1. The van der Waals surface area contributed by atoms with Crippen molar-refractivity contribution in [3.05, 3.63) is 120 Å². The molecule has 0 spiro atoms. The number of aromatic nitrogens is 4. The Hall–Kier alpha value is -6.42. The highest BCUT2D eigenvalue weighted by Gasteiger charge is 2.21. The second-order valence-electron chi connectivity index (χ2n) is 15.3. The highest BCUT2D eigenvalue weighted by atomic mass is 16.5. The maximum absolute atomic E-state index is 13.3. The first-order valence-electron chi connectivity index (χ1n) is 19.2. The number of amides is 1. The minimum absolute atomic E-state index is 0.0572. The van der Waals surface area contributed by atoms with Gasteiger partial charge in [-0.2, -0.15) is 10.1 Å². The summed E-state index contributed by atoms with van der Waals surface area (Å²) < 4.78 is 13.8. The summed E-state index contributed by atoms with van der Waals surface area (Å²) in [6.45, 7) is 14.9. The monoisotopic (exact) mass is 763 g/mol. The van der Waals surface area contributed by atoms with Crippen molar-refractivity contribution in [1.29, 1.82) is 0 Å². The van der Waals surface area contributed by atoms with Gasteiger partial charge in [-0.1, -0.05) is 68.7 Å². The quantitative estimate of drug-likeness (QED) is 0.0681. The molecule has 0 radical (unpaired) electrons. The Balaban J connectivity index is 1.03. The third-order valence-electron chi connectivity index (χ3n) is 9.66. The van der Waals surface area contributed by atoms with Crippen molar-refractivity contribution in [1.82, 2.24) is 30.0 Å². The lowest BCUT2D eigenvalue weighted by Gasteiger charge is -2.29. The van der Waals surface area contributed by atoms with Gasteiger partial charge in [0, 0.05) is 82.7 Å². The second-order valence-corrected chi connectivity index (χ2v) is 15.3. The van der Waals surface area contributed by atoms with E-state index < -0.39 is 0 Å². The highest BCUT2D eigenvalue weighted by Crippen LogP contribution is 2.34. The van der Waals surface area contributed by atoms with E-state index in [1.54, 1.807) is 30.5 Å². The van der Waals surface area contributed by atoms with Crippen LogP contribution in [0.4, 0.5) is 23.1 Å². The predicted octanol–water partition coefficient (Wildman–Crippen LogP) is 7.87. The molecule has 1 saturated heterocycles. The molecule has 1 fully saturated rings. The number of carbonyl (C=O) groups is 1. The fourth-order valence-electron chi connectivity index (χ4n) is 6.64.